The van der Waals surface area contributed by atoms with Gasteiger partial charge in [0.15, 0.2) is 0 Å². The maximum Gasteiger partial charge on any atom is 0.314 e. The number of carbonyl (C=O) groups is 1. The Balaban J connectivity index is 1.75. The van der Waals surface area contributed by atoms with E-state index < -0.39 is 0 Å². The zero-order chi connectivity index (χ0) is 18.4. The highest BCUT2D eigenvalue weighted by atomic mass is 16.3. The van der Waals surface area contributed by atoms with E-state index in [1.807, 2.05) is 49.7 Å². The van der Waals surface area contributed by atoms with Gasteiger partial charge in [0, 0.05) is 25.3 Å². The van der Waals surface area contributed by atoms with Crippen molar-refractivity contribution < 1.29 is 9.21 Å². The number of carbonyl (C=O) groups excluding carboxylic acids is 1. The summed E-state index contributed by atoms with van der Waals surface area (Å²) in [5.74, 6) is 1.13. The van der Waals surface area contributed by atoms with Gasteiger partial charge in [-0.2, -0.15) is 5.10 Å². The van der Waals surface area contributed by atoms with Crippen LogP contribution in [0.3, 0.4) is 0 Å². The molecule has 2 heterocycles. The minimum absolute atomic E-state index is 0.00729. The Morgan fingerprint density at radius 2 is 2.04 bits per heavy atom. The van der Waals surface area contributed by atoms with Gasteiger partial charge in [0.25, 0.3) is 0 Å². The second-order valence-corrected chi connectivity index (χ2v) is 6.80. The van der Waals surface area contributed by atoms with Gasteiger partial charge in [0.05, 0.1) is 18.0 Å². The molecule has 0 aromatic carbocycles. The van der Waals surface area contributed by atoms with Gasteiger partial charge in [0.2, 0.25) is 0 Å². The lowest BCUT2D eigenvalue weighted by atomic mass is 10.2. The molecular formula is C18H29N5O2. The average Bonchev–Trinajstić information content (AvgIpc) is 3.15. The van der Waals surface area contributed by atoms with Crippen LogP contribution >= 0.6 is 0 Å². The first kappa shape index (κ1) is 19.1. The lowest BCUT2D eigenvalue weighted by Gasteiger charge is -2.23. The van der Waals surface area contributed by atoms with Crippen LogP contribution in [0.1, 0.15) is 30.1 Å². The van der Waals surface area contributed by atoms with Crippen LogP contribution in [0, 0.1) is 19.8 Å². The summed E-state index contributed by atoms with van der Waals surface area (Å²) >= 11 is 0. The Labute approximate surface area is 149 Å². The molecule has 0 spiro atoms. The van der Waals surface area contributed by atoms with E-state index >= 15 is 0 Å². The lowest BCUT2D eigenvalue weighted by Crippen LogP contribution is -2.42. The minimum Gasteiger partial charge on any atom is -0.468 e. The number of hydrogen-bond donors (Lipinski definition) is 2. The Kier molecular flexibility index (Phi) is 6.64. The summed E-state index contributed by atoms with van der Waals surface area (Å²) in [6, 6.07) is 5.67. The summed E-state index contributed by atoms with van der Waals surface area (Å²) in [6.45, 7) is 7.99. The number of amides is 2. The van der Waals surface area contributed by atoms with Gasteiger partial charge < -0.3 is 15.1 Å². The molecule has 7 nitrogen and oxygen atoms in total. The molecule has 0 saturated heterocycles. The average molecular weight is 347 g/mol. The van der Waals surface area contributed by atoms with Crippen LogP contribution in [0.15, 0.2) is 28.9 Å². The standard InChI is InChI=1S/C18H29N5O2/c1-13(12-23-15(3)9-14(2)21-23)10-19-18(24)20-11-16(22(4)5)17-7-6-8-25-17/h6-9,13,16H,10-12H2,1-5H3,(H2,19,20,24)/t13-,16-/m0/s1. The largest absolute Gasteiger partial charge is 0.468 e. The van der Waals surface area contributed by atoms with Crippen LogP contribution < -0.4 is 10.6 Å². The van der Waals surface area contributed by atoms with E-state index in [1.165, 1.54) is 0 Å². The van der Waals surface area contributed by atoms with Gasteiger partial charge in [-0.1, -0.05) is 6.92 Å². The third-order valence-electron chi connectivity index (χ3n) is 4.15. The maximum absolute atomic E-state index is 12.1. The molecule has 0 fully saturated rings. The van der Waals surface area contributed by atoms with Crippen molar-refractivity contribution in [3.8, 4) is 0 Å². The number of aromatic nitrogens is 2. The molecule has 0 aliphatic carbocycles. The fourth-order valence-electron chi connectivity index (χ4n) is 2.76. The van der Waals surface area contributed by atoms with Crippen molar-refractivity contribution in [1.82, 2.24) is 25.3 Å². The predicted octanol–water partition coefficient (Wildman–Crippen LogP) is 2.33. The molecular weight excluding hydrogens is 318 g/mol. The highest BCUT2D eigenvalue weighted by Gasteiger charge is 2.18. The van der Waals surface area contributed by atoms with Crippen molar-refractivity contribution in [3.63, 3.8) is 0 Å². The smallest absolute Gasteiger partial charge is 0.314 e. The van der Waals surface area contributed by atoms with Crippen molar-refractivity contribution in [2.75, 3.05) is 27.2 Å². The summed E-state index contributed by atoms with van der Waals surface area (Å²) in [6.07, 6.45) is 1.65. The summed E-state index contributed by atoms with van der Waals surface area (Å²) in [4.78, 5) is 14.1. The van der Waals surface area contributed by atoms with E-state index in [0.29, 0.717) is 19.0 Å². The fraction of sp³-hybridized carbons (Fsp3) is 0.556. The first-order chi connectivity index (χ1) is 11.9. The van der Waals surface area contributed by atoms with Crippen molar-refractivity contribution in [2.24, 2.45) is 5.92 Å². The van der Waals surface area contributed by atoms with Crippen molar-refractivity contribution in [1.29, 1.82) is 0 Å². The maximum atomic E-state index is 12.1. The van der Waals surface area contributed by atoms with Crippen molar-refractivity contribution in [3.05, 3.63) is 41.6 Å². The summed E-state index contributed by atoms with van der Waals surface area (Å²) < 4.78 is 7.43. The molecule has 25 heavy (non-hydrogen) atoms. The second kappa shape index (κ2) is 8.71. The third-order valence-corrected chi connectivity index (χ3v) is 4.15. The molecule has 2 amide bonds. The summed E-state index contributed by atoms with van der Waals surface area (Å²) in [7, 11) is 3.92. The fourth-order valence-corrected chi connectivity index (χ4v) is 2.76. The van der Waals surface area contributed by atoms with E-state index in [1.54, 1.807) is 6.26 Å². The summed E-state index contributed by atoms with van der Waals surface area (Å²) in [5.41, 5.74) is 2.16. The first-order valence-corrected chi connectivity index (χ1v) is 8.59. The zero-order valence-electron chi connectivity index (χ0n) is 15.7. The Morgan fingerprint density at radius 1 is 1.32 bits per heavy atom. The zero-order valence-corrected chi connectivity index (χ0v) is 15.7. The van der Waals surface area contributed by atoms with Gasteiger partial charge in [0.1, 0.15) is 5.76 Å². The number of furan rings is 1. The van der Waals surface area contributed by atoms with Crippen LogP contribution in [0.25, 0.3) is 0 Å². The number of urea groups is 1. The van der Waals surface area contributed by atoms with Crippen molar-refractivity contribution in [2.45, 2.75) is 33.4 Å². The van der Waals surface area contributed by atoms with Gasteiger partial charge in [-0.3, -0.25) is 9.58 Å². The quantitative estimate of drug-likeness (QED) is 0.768. The van der Waals surface area contributed by atoms with Crippen LogP contribution in [0.2, 0.25) is 0 Å². The molecule has 0 aliphatic heterocycles. The molecule has 0 radical (unpaired) electrons. The third kappa shape index (κ3) is 5.63. The van der Waals surface area contributed by atoms with E-state index in [2.05, 4.69) is 28.7 Å². The SMILES string of the molecule is Cc1cc(C)n(C[C@@H](C)CNC(=O)NC[C@@H](c2ccco2)N(C)C)n1. The van der Waals surface area contributed by atoms with Gasteiger partial charge in [-0.25, -0.2) is 4.79 Å². The van der Waals surface area contributed by atoms with E-state index in [9.17, 15) is 4.79 Å². The number of aryl methyl sites for hydroxylation is 2. The monoisotopic (exact) mass is 347 g/mol. The number of nitrogens with zero attached hydrogens (tertiary/aromatic N) is 3. The Hall–Kier alpha value is -2.28. The van der Waals surface area contributed by atoms with Crippen LogP contribution in [0.5, 0.6) is 0 Å². The highest BCUT2D eigenvalue weighted by Crippen LogP contribution is 2.17. The predicted molar refractivity (Wildman–Crippen MR) is 97.4 cm³/mol. The number of hydrogen-bond acceptors (Lipinski definition) is 4. The molecule has 0 bridgehead atoms. The Morgan fingerprint density at radius 3 is 2.60 bits per heavy atom. The molecule has 7 heteroatoms. The van der Waals surface area contributed by atoms with Gasteiger partial charge in [-0.15, -0.1) is 0 Å². The second-order valence-electron chi connectivity index (χ2n) is 6.80. The summed E-state index contributed by atoms with van der Waals surface area (Å²) in [5, 5.41) is 10.3. The first-order valence-electron chi connectivity index (χ1n) is 8.59. The molecule has 2 aromatic heterocycles. The lowest BCUT2D eigenvalue weighted by molar-refractivity contribution is 0.223. The van der Waals surface area contributed by atoms with Gasteiger partial charge >= 0.3 is 6.03 Å². The topological polar surface area (TPSA) is 75.3 Å². The number of rotatable bonds is 8. The van der Waals surface area contributed by atoms with Crippen molar-refractivity contribution >= 4 is 6.03 Å². The number of likely N-dealkylation sites (N-methyl/N-ethyl adjacent to an activating group) is 1. The molecule has 2 aromatic rings. The molecule has 0 saturated carbocycles. The van der Waals surface area contributed by atoms with Crippen LogP contribution in [0.4, 0.5) is 4.79 Å². The van der Waals surface area contributed by atoms with E-state index in [4.69, 9.17) is 4.42 Å². The molecule has 2 rings (SSSR count). The van der Waals surface area contributed by atoms with Crippen LogP contribution in [-0.4, -0.2) is 47.9 Å². The molecule has 0 aliphatic rings. The molecule has 138 valence electrons. The van der Waals surface area contributed by atoms with Gasteiger partial charge in [-0.05, 0) is 52.1 Å². The molecule has 2 atom stereocenters. The molecule has 0 unspecified atom stereocenters. The minimum atomic E-state index is -0.168. The highest BCUT2D eigenvalue weighted by molar-refractivity contribution is 5.73. The van der Waals surface area contributed by atoms with Crippen LogP contribution in [-0.2, 0) is 6.54 Å². The van der Waals surface area contributed by atoms with E-state index in [-0.39, 0.29) is 12.1 Å². The molecule has 2 N–H and O–H groups in total. The van der Waals surface area contributed by atoms with E-state index in [0.717, 1.165) is 23.7 Å². The number of nitrogens with one attached hydrogen (secondary N) is 2. The Bertz CT molecular complexity index is 663. The normalized spacial score (nSPS) is 13.7.